The van der Waals surface area contributed by atoms with E-state index in [1.165, 1.54) is 6.39 Å². The summed E-state index contributed by atoms with van der Waals surface area (Å²) in [6.45, 7) is 7.52. The summed E-state index contributed by atoms with van der Waals surface area (Å²) in [7, 11) is 0. The molecule has 6 nitrogen and oxygen atoms in total. The Labute approximate surface area is 106 Å². The zero-order valence-corrected chi connectivity index (χ0v) is 10.7. The first-order chi connectivity index (χ1) is 8.66. The first-order valence-electron chi connectivity index (χ1n) is 6.08. The van der Waals surface area contributed by atoms with Gasteiger partial charge in [-0.2, -0.15) is 0 Å². The molecule has 0 aromatic carbocycles. The molecule has 100 valence electrons. The Morgan fingerprint density at radius 3 is 2.89 bits per heavy atom. The van der Waals surface area contributed by atoms with E-state index >= 15 is 0 Å². The van der Waals surface area contributed by atoms with E-state index < -0.39 is 5.97 Å². The molecule has 6 heteroatoms. The number of oxazole rings is 1. The van der Waals surface area contributed by atoms with Crippen molar-refractivity contribution in [1.82, 2.24) is 9.88 Å². The summed E-state index contributed by atoms with van der Waals surface area (Å²) in [6.07, 6.45) is 1.07. The van der Waals surface area contributed by atoms with Crippen molar-refractivity contribution in [1.29, 1.82) is 0 Å². The number of hydrogen-bond acceptors (Lipinski definition) is 6. The van der Waals surface area contributed by atoms with Crippen LogP contribution in [0.15, 0.2) is 10.8 Å². The van der Waals surface area contributed by atoms with Crippen LogP contribution >= 0.6 is 0 Å². The number of rotatable bonds is 4. The van der Waals surface area contributed by atoms with Gasteiger partial charge in [0.1, 0.15) is 11.9 Å². The molecule has 1 aliphatic rings. The summed E-state index contributed by atoms with van der Waals surface area (Å²) in [5.74, 6) is 0.0561. The van der Waals surface area contributed by atoms with E-state index in [0.717, 1.165) is 26.3 Å². The SMILES string of the molecule is Cc1ocnc1C(=O)O[C@H](C)CN1CCOCC1. The van der Waals surface area contributed by atoms with Gasteiger partial charge in [0.15, 0.2) is 12.1 Å². The minimum absolute atomic E-state index is 0.174. The van der Waals surface area contributed by atoms with Crippen LogP contribution < -0.4 is 0 Å². The summed E-state index contributed by atoms with van der Waals surface area (Å²) in [5.41, 5.74) is 0.254. The first kappa shape index (κ1) is 13.0. The van der Waals surface area contributed by atoms with Gasteiger partial charge in [0.2, 0.25) is 0 Å². The normalized spacial score (nSPS) is 18.6. The van der Waals surface area contributed by atoms with Gasteiger partial charge in [0, 0.05) is 19.6 Å². The molecule has 1 atom stereocenters. The highest BCUT2D eigenvalue weighted by atomic mass is 16.5. The van der Waals surface area contributed by atoms with Crippen LogP contribution in [0.2, 0.25) is 0 Å². The molecule has 1 aromatic heterocycles. The number of carbonyl (C=O) groups excluding carboxylic acids is 1. The molecule has 0 spiro atoms. The maximum absolute atomic E-state index is 11.8. The fourth-order valence-electron chi connectivity index (χ4n) is 1.92. The van der Waals surface area contributed by atoms with Gasteiger partial charge in [0.25, 0.3) is 0 Å². The van der Waals surface area contributed by atoms with Crippen molar-refractivity contribution in [2.45, 2.75) is 20.0 Å². The molecule has 18 heavy (non-hydrogen) atoms. The van der Waals surface area contributed by atoms with Crippen LogP contribution in [-0.2, 0) is 9.47 Å². The van der Waals surface area contributed by atoms with Gasteiger partial charge >= 0.3 is 5.97 Å². The van der Waals surface area contributed by atoms with Gasteiger partial charge < -0.3 is 13.9 Å². The number of hydrogen-bond donors (Lipinski definition) is 0. The van der Waals surface area contributed by atoms with Gasteiger partial charge in [-0.15, -0.1) is 0 Å². The first-order valence-corrected chi connectivity index (χ1v) is 6.08. The van der Waals surface area contributed by atoms with Gasteiger partial charge in [-0.05, 0) is 13.8 Å². The van der Waals surface area contributed by atoms with Crippen molar-refractivity contribution in [2.75, 3.05) is 32.8 Å². The Kier molecular flexibility index (Phi) is 4.33. The number of morpholine rings is 1. The predicted octanol–water partition coefficient (Wildman–Crippen LogP) is 0.861. The van der Waals surface area contributed by atoms with Crippen molar-refractivity contribution < 1.29 is 18.7 Å². The van der Waals surface area contributed by atoms with Crippen molar-refractivity contribution in [3.05, 3.63) is 17.8 Å². The Hall–Kier alpha value is -1.40. The fraction of sp³-hybridized carbons (Fsp3) is 0.667. The molecule has 0 aliphatic carbocycles. The quantitative estimate of drug-likeness (QED) is 0.742. The molecule has 1 saturated heterocycles. The Bertz CT molecular complexity index is 399. The number of ether oxygens (including phenoxy) is 2. The molecule has 1 fully saturated rings. The van der Waals surface area contributed by atoms with E-state index in [1.54, 1.807) is 6.92 Å². The van der Waals surface area contributed by atoms with Crippen molar-refractivity contribution in [2.24, 2.45) is 0 Å². The molecule has 2 rings (SSSR count). The lowest BCUT2D eigenvalue weighted by Gasteiger charge is -2.28. The summed E-state index contributed by atoms with van der Waals surface area (Å²) in [4.78, 5) is 17.9. The van der Waals surface area contributed by atoms with Crippen LogP contribution in [0.25, 0.3) is 0 Å². The summed E-state index contributed by atoms with van der Waals surface area (Å²) < 4.78 is 15.6. The molecule has 0 bridgehead atoms. The number of esters is 1. The third kappa shape index (κ3) is 3.30. The van der Waals surface area contributed by atoms with E-state index in [-0.39, 0.29) is 11.8 Å². The number of carbonyl (C=O) groups is 1. The van der Waals surface area contributed by atoms with E-state index in [1.807, 2.05) is 6.92 Å². The molecule has 0 unspecified atom stereocenters. The van der Waals surface area contributed by atoms with Crippen LogP contribution in [0, 0.1) is 6.92 Å². The maximum atomic E-state index is 11.8. The van der Waals surface area contributed by atoms with Crippen LogP contribution in [0.4, 0.5) is 0 Å². The highest BCUT2D eigenvalue weighted by Gasteiger charge is 2.20. The lowest BCUT2D eigenvalue weighted by Crippen LogP contribution is -2.41. The minimum atomic E-state index is -0.429. The van der Waals surface area contributed by atoms with Gasteiger partial charge in [-0.3, -0.25) is 4.90 Å². The second kappa shape index (κ2) is 5.97. The second-order valence-electron chi connectivity index (χ2n) is 4.39. The molecule has 0 radical (unpaired) electrons. The topological polar surface area (TPSA) is 64.8 Å². The van der Waals surface area contributed by atoms with Crippen molar-refractivity contribution in [3.8, 4) is 0 Å². The van der Waals surface area contributed by atoms with Gasteiger partial charge in [0.05, 0.1) is 13.2 Å². The monoisotopic (exact) mass is 254 g/mol. The number of aromatic nitrogens is 1. The molecule has 0 N–H and O–H groups in total. The van der Waals surface area contributed by atoms with E-state index in [9.17, 15) is 4.79 Å². The van der Waals surface area contributed by atoms with Crippen LogP contribution in [0.1, 0.15) is 23.2 Å². The summed E-state index contributed by atoms with van der Waals surface area (Å²) in [5, 5.41) is 0. The van der Waals surface area contributed by atoms with E-state index in [4.69, 9.17) is 13.9 Å². The third-order valence-corrected chi connectivity index (χ3v) is 2.87. The molecule has 2 heterocycles. The number of nitrogens with zero attached hydrogens (tertiary/aromatic N) is 2. The van der Waals surface area contributed by atoms with Crippen LogP contribution in [0.5, 0.6) is 0 Å². The largest absolute Gasteiger partial charge is 0.456 e. The highest BCUT2D eigenvalue weighted by molar-refractivity contribution is 5.88. The Balaban J connectivity index is 1.81. The molecule has 1 aromatic rings. The molecule has 0 saturated carbocycles. The molecule has 0 amide bonds. The van der Waals surface area contributed by atoms with Gasteiger partial charge in [-0.1, -0.05) is 0 Å². The second-order valence-corrected chi connectivity index (χ2v) is 4.39. The lowest BCUT2D eigenvalue weighted by molar-refractivity contribution is 0.0000670. The summed E-state index contributed by atoms with van der Waals surface area (Å²) in [6, 6.07) is 0. The van der Waals surface area contributed by atoms with Crippen LogP contribution in [-0.4, -0.2) is 54.8 Å². The predicted molar refractivity (Wildman–Crippen MR) is 63.4 cm³/mol. The molecular weight excluding hydrogens is 236 g/mol. The van der Waals surface area contributed by atoms with Gasteiger partial charge in [-0.25, -0.2) is 9.78 Å². The third-order valence-electron chi connectivity index (χ3n) is 2.87. The molecule has 1 aliphatic heterocycles. The average Bonchev–Trinajstić information content (AvgIpc) is 2.76. The average molecular weight is 254 g/mol. The van der Waals surface area contributed by atoms with E-state index in [2.05, 4.69) is 9.88 Å². The zero-order valence-electron chi connectivity index (χ0n) is 10.7. The van der Waals surface area contributed by atoms with Crippen molar-refractivity contribution >= 4 is 5.97 Å². The maximum Gasteiger partial charge on any atom is 0.360 e. The van der Waals surface area contributed by atoms with Crippen LogP contribution in [0.3, 0.4) is 0 Å². The minimum Gasteiger partial charge on any atom is -0.456 e. The zero-order chi connectivity index (χ0) is 13.0. The fourth-order valence-corrected chi connectivity index (χ4v) is 1.92. The Morgan fingerprint density at radius 1 is 1.56 bits per heavy atom. The standard InChI is InChI=1S/C12H18N2O4/c1-9(7-14-3-5-16-6-4-14)18-12(15)11-10(2)17-8-13-11/h8-9H,3-7H2,1-2H3/t9-/m1/s1. The number of aryl methyl sites for hydroxylation is 1. The summed E-state index contributed by atoms with van der Waals surface area (Å²) >= 11 is 0. The van der Waals surface area contributed by atoms with Crippen molar-refractivity contribution in [3.63, 3.8) is 0 Å². The smallest absolute Gasteiger partial charge is 0.360 e. The van der Waals surface area contributed by atoms with E-state index in [0.29, 0.717) is 12.3 Å². The molecular formula is C12H18N2O4. The highest BCUT2D eigenvalue weighted by Crippen LogP contribution is 2.09. The lowest BCUT2D eigenvalue weighted by atomic mass is 10.3. The Morgan fingerprint density at radius 2 is 2.28 bits per heavy atom.